The van der Waals surface area contributed by atoms with Crippen LogP contribution in [0.2, 0.25) is 0 Å². The molecule has 5 heteroatoms. The highest BCUT2D eigenvalue weighted by molar-refractivity contribution is 5.94. The first kappa shape index (κ1) is 19.2. The predicted octanol–water partition coefficient (Wildman–Crippen LogP) is 2.74. The minimum atomic E-state index is -0.765. The van der Waals surface area contributed by atoms with E-state index in [4.69, 9.17) is 5.21 Å². The van der Waals surface area contributed by atoms with Gasteiger partial charge in [-0.05, 0) is 42.8 Å². The minimum absolute atomic E-state index is 0.215. The molecule has 0 atom stereocenters. The third-order valence-electron chi connectivity index (χ3n) is 4.02. The highest BCUT2D eigenvalue weighted by atomic mass is 16.5. The summed E-state index contributed by atoms with van der Waals surface area (Å²) in [5.41, 5.74) is 3.16. The number of carbonyl (C=O) groups is 2. The van der Waals surface area contributed by atoms with Crippen LogP contribution < -0.4 is 10.8 Å². The molecule has 2 rings (SSSR count). The van der Waals surface area contributed by atoms with Gasteiger partial charge in [0.15, 0.2) is 0 Å². The lowest BCUT2D eigenvalue weighted by molar-refractivity contribution is -0.138. The van der Waals surface area contributed by atoms with Gasteiger partial charge in [-0.3, -0.25) is 14.8 Å². The fraction of sp³-hybridized carbons (Fsp3) is 0.238. The molecule has 0 aliphatic carbocycles. The lowest BCUT2D eigenvalue weighted by Gasteiger charge is -2.21. The van der Waals surface area contributed by atoms with E-state index in [1.165, 1.54) is 0 Å². The molecule has 0 spiro atoms. The third kappa shape index (κ3) is 5.47. The Kier molecular flexibility index (Phi) is 6.54. The van der Waals surface area contributed by atoms with E-state index in [-0.39, 0.29) is 5.91 Å². The average molecular weight is 350 g/mol. The monoisotopic (exact) mass is 350 g/mol. The van der Waals surface area contributed by atoms with E-state index in [0.717, 1.165) is 11.1 Å². The van der Waals surface area contributed by atoms with Crippen molar-refractivity contribution in [1.29, 1.82) is 0 Å². The number of amides is 2. The molecule has 0 saturated carbocycles. The maximum Gasteiger partial charge on any atom is 0.251 e. The first-order valence-electron chi connectivity index (χ1n) is 8.32. The van der Waals surface area contributed by atoms with E-state index in [1.807, 2.05) is 30.3 Å². The Bertz CT molecular complexity index is 816. The van der Waals surface area contributed by atoms with Gasteiger partial charge in [0.25, 0.3) is 5.91 Å². The Labute approximate surface area is 153 Å². The summed E-state index contributed by atoms with van der Waals surface area (Å²) in [6.45, 7) is 3.73. The largest absolute Gasteiger partial charge is 0.352 e. The van der Waals surface area contributed by atoms with Crippen LogP contribution in [0.25, 0.3) is 0 Å². The summed E-state index contributed by atoms with van der Waals surface area (Å²) in [5.74, 6) is 5.43. The molecule has 0 unspecified atom stereocenters. The van der Waals surface area contributed by atoms with E-state index >= 15 is 0 Å². The smallest absolute Gasteiger partial charge is 0.251 e. The second-order valence-electron chi connectivity index (χ2n) is 6.52. The first-order valence-corrected chi connectivity index (χ1v) is 8.32. The molecule has 0 aromatic heterocycles. The first-order chi connectivity index (χ1) is 12.4. The number of carbonyl (C=O) groups excluding carboxylic acids is 2. The molecule has 0 saturated heterocycles. The minimum Gasteiger partial charge on any atom is -0.352 e. The molecule has 0 aliphatic heterocycles. The van der Waals surface area contributed by atoms with Crippen molar-refractivity contribution in [3.05, 3.63) is 71.3 Å². The molecule has 0 aliphatic rings. The standard InChI is InChI=1S/C21H22N2O3/c1-21(2,20(25)23-26)14-15-22-19(24)18-12-10-17(11-13-18)9-8-16-6-4-3-5-7-16/h3-7,10-13,26H,14-15H2,1-2H3,(H,22,24)(H,23,25). The van der Waals surface area contributed by atoms with Crippen LogP contribution in [0.15, 0.2) is 54.6 Å². The second kappa shape index (κ2) is 8.84. The van der Waals surface area contributed by atoms with Crippen molar-refractivity contribution in [1.82, 2.24) is 10.8 Å². The Morgan fingerprint density at radius 1 is 0.962 bits per heavy atom. The lowest BCUT2D eigenvalue weighted by atomic mass is 9.88. The van der Waals surface area contributed by atoms with Crippen molar-refractivity contribution in [2.75, 3.05) is 6.54 Å². The van der Waals surface area contributed by atoms with Crippen LogP contribution in [0.5, 0.6) is 0 Å². The quantitative estimate of drug-likeness (QED) is 0.441. The predicted molar refractivity (Wildman–Crippen MR) is 99.5 cm³/mol. The van der Waals surface area contributed by atoms with Crippen LogP contribution in [0, 0.1) is 17.3 Å². The summed E-state index contributed by atoms with van der Waals surface area (Å²) in [6.07, 6.45) is 0.409. The van der Waals surface area contributed by atoms with Crippen LogP contribution in [-0.2, 0) is 4.79 Å². The zero-order chi connectivity index (χ0) is 19.0. The van der Waals surface area contributed by atoms with Gasteiger partial charge in [-0.15, -0.1) is 0 Å². The van der Waals surface area contributed by atoms with Gasteiger partial charge in [-0.2, -0.15) is 0 Å². The maximum absolute atomic E-state index is 12.2. The zero-order valence-electron chi connectivity index (χ0n) is 14.9. The molecule has 0 heterocycles. The molecule has 0 radical (unpaired) electrons. The Morgan fingerprint density at radius 3 is 2.12 bits per heavy atom. The van der Waals surface area contributed by atoms with Gasteiger partial charge in [0.05, 0.1) is 0 Å². The zero-order valence-corrected chi connectivity index (χ0v) is 14.9. The molecule has 134 valence electrons. The molecule has 0 bridgehead atoms. The van der Waals surface area contributed by atoms with E-state index < -0.39 is 11.3 Å². The Hall–Kier alpha value is -3.10. The molecular weight excluding hydrogens is 328 g/mol. The van der Waals surface area contributed by atoms with Crippen LogP contribution in [0.4, 0.5) is 0 Å². The summed E-state index contributed by atoms with van der Waals surface area (Å²) < 4.78 is 0. The molecule has 2 amide bonds. The van der Waals surface area contributed by atoms with Crippen LogP contribution in [0.3, 0.4) is 0 Å². The molecular formula is C21H22N2O3. The van der Waals surface area contributed by atoms with Crippen molar-refractivity contribution >= 4 is 11.8 Å². The van der Waals surface area contributed by atoms with Gasteiger partial charge in [-0.25, -0.2) is 5.48 Å². The topological polar surface area (TPSA) is 78.4 Å². The summed E-state index contributed by atoms with van der Waals surface area (Å²) in [5, 5.41) is 11.5. The number of hydroxylamine groups is 1. The molecule has 26 heavy (non-hydrogen) atoms. The summed E-state index contributed by atoms with van der Waals surface area (Å²) in [7, 11) is 0. The van der Waals surface area contributed by atoms with Crippen molar-refractivity contribution in [3.63, 3.8) is 0 Å². The summed E-state index contributed by atoms with van der Waals surface area (Å²) >= 11 is 0. The van der Waals surface area contributed by atoms with E-state index in [9.17, 15) is 9.59 Å². The molecule has 0 fully saturated rings. The van der Waals surface area contributed by atoms with E-state index in [0.29, 0.717) is 18.5 Å². The number of hydrogen-bond donors (Lipinski definition) is 3. The Balaban J connectivity index is 1.91. The summed E-state index contributed by atoms with van der Waals surface area (Å²) in [6, 6.07) is 16.7. The number of hydrogen-bond acceptors (Lipinski definition) is 3. The van der Waals surface area contributed by atoms with Crippen LogP contribution in [0.1, 0.15) is 41.8 Å². The maximum atomic E-state index is 12.2. The third-order valence-corrected chi connectivity index (χ3v) is 4.02. The molecule has 2 aromatic carbocycles. The van der Waals surface area contributed by atoms with Gasteiger partial charge in [-0.1, -0.05) is 43.9 Å². The Morgan fingerprint density at radius 2 is 1.54 bits per heavy atom. The van der Waals surface area contributed by atoms with Crippen molar-refractivity contribution in [3.8, 4) is 11.8 Å². The van der Waals surface area contributed by atoms with Gasteiger partial charge >= 0.3 is 0 Å². The fourth-order valence-corrected chi connectivity index (χ4v) is 2.23. The highest BCUT2D eigenvalue weighted by Gasteiger charge is 2.26. The number of rotatable bonds is 5. The van der Waals surface area contributed by atoms with Crippen LogP contribution >= 0.6 is 0 Å². The van der Waals surface area contributed by atoms with Crippen molar-refractivity contribution in [2.45, 2.75) is 20.3 Å². The summed E-state index contributed by atoms with van der Waals surface area (Å²) in [4.78, 5) is 23.7. The number of nitrogens with one attached hydrogen (secondary N) is 2. The van der Waals surface area contributed by atoms with Gasteiger partial charge in [0.2, 0.25) is 5.91 Å². The second-order valence-corrected chi connectivity index (χ2v) is 6.52. The SMILES string of the molecule is CC(C)(CCNC(=O)c1ccc(C#Cc2ccccc2)cc1)C(=O)NO. The average Bonchev–Trinajstić information content (AvgIpc) is 2.66. The van der Waals surface area contributed by atoms with Crippen LogP contribution in [-0.4, -0.2) is 23.6 Å². The van der Waals surface area contributed by atoms with E-state index in [1.54, 1.807) is 43.6 Å². The number of benzene rings is 2. The van der Waals surface area contributed by atoms with Gasteiger partial charge in [0.1, 0.15) is 0 Å². The fourth-order valence-electron chi connectivity index (χ4n) is 2.23. The van der Waals surface area contributed by atoms with Gasteiger partial charge in [0, 0.05) is 28.7 Å². The molecule has 2 aromatic rings. The molecule has 3 N–H and O–H groups in total. The highest BCUT2D eigenvalue weighted by Crippen LogP contribution is 2.19. The lowest BCUT2D eigenvalue weighted by Crippen LogP contribution is -2.38. The van der Waals surface area contributed by atoms with Crippen molar-refractivity contribution in [2.24, 2.45) is 5.41 Å². The van der Waals surface area contributed by atoms with Gasteiger partial charge < -0.3 is 5.32 Å². The van der Waals surface area contributed by atoms with Crippen molar-refractivity contribution < 1.29 is 14.8 Å². The normalized spacial score (nSPS) is 10.4. The molecule has 5 nitrogen and oxygen atoms in total. The van der Waals surface area contributed by atoms with E-state index in [2.05, 4.69) is 17.2 Å².